The summed E-state index contributed by atoms with van der Waals surface area (Å²) in [4.78, 5) is 22.3. The standard InChI is InChI=1S/C14H20N2O5/c1-3-20-10(2)8-15-14(19)16-11-6-4-5-7-12(11)21-9-13(17)18/h4-7,10H,3,8-9H2,1-2H3,(H,17,18)(H2,15,16,19). The van der Waals surface area contributed by atoms with Crippen LogP contribution >= 0.6 is 0 Å². The number of benzene rings is 1. The molecule has 2 amide bonds. The average Bonchev–Trinajstić information content (AvgIpc) is 2.44. The Balaban J connectivity index is 2.53. The van der Waals surface area contributed by atoms with Gasteiger partial charge in [0, 0.05) is 13.2 Å². The van der Waals surface area contributed by atoms with Crippen LogP contribution in [0.4, 0.5) is 10.5 Å². The lowest BCUT2D eigenvalue weighted by atomic mass is 10.3. The molecule has 7 heteroatoms. The van der Waals surface area contributed by atoms with E-state index in [-0.39, 0.29) is 6.10 Å². The molecule has 0 spiro atoms. The van der Waals surface area contributed by atoms with E-state index in [1.165, 1.54) is 0 Å². The lowest BCUT2D eigenvalue weighted by molar-refractivity contribution is -0.139. The van der Waals surface area contributed by atoms with Gasteiger partial charge in [-0.3, -0.25) is 0 Å². The molecular weight excluding hydrogens is 276 g/mol. The number of rotatable bonds is 8. The fourth-order valence-electron chi connectivity index (χ4n) is 1.58. The molecule has 0 radical (unpaired) electrons. The summed E-state index contributed by atoms with van der Waals surface area (Å²) in [5, 5.41) is 13.9. The second-order valence-electron chi connectivity index (χ2n) is 4.28. The molecule has 116 valence electrons. The highest BCUT2D eigenvalue weighted by atomic mass is 16.5. The van der Waals surface area contributed by atoms with E-state index in [2.05, 4.69) is 10.6 Å². The molecule has 0 saturated heterocycles. The summed E-state index contributed by atoms with van der Waals surface area (Å²) >= 11 is 0. The molecule has 3 N–H and O–H groups in total. The molecule has 1 atom stereocenters. The number of urea groups is 1. The third-order valence-electron chi connectivity index (χ3n) is 2.49. The molecular formula is C14H20N2O5. The SMILES string of the molecule is CCOC(C)CNC(=O)Nc1ccccc1OCC(=O)O. The van der Waals surface area contributed by atoms with Gasteiger partial charge in [0.2, 0.25) is 0 Å². The minimum Gasteiger partial charge on any atom is -0.480 e. The molecule has 0 aliphatic carbocycles. The minimum atomic E-state index is -1.08. The first kappa shape index (κ1) is 16.8. The van der Waals surface area contributed by atoms with Crippen LogP contribution in [-0.4, -0.2) is 43.0 Å². The van der Waals surface area contributed by atoms with Crippen molar-refractivity contribution in [2.45, 2.75) is 20.0 Å². The monoisotopic (exact) mass is 296 g/mol. The molecule has 0 fully saturated rings. The van der Waals surface area contributed by atoms with E-state index < -0.39 is 18.6 Å². The molecule has 0 heterocycles. The number of carboxylic acid groups (broad SMARTS) is 1. The number of nitrogens with one attached hydrogen (secondary N) is 2. The van der Waals surface area contributed by atoms with Gasteiger partial charge in [-0.15, -0.1) is 0 Å². The van der Waals surface area contributed by atoms with Gasteiger partial charge in [0.1, 0.15) is 5.75 Å². The first-order valence-corrected chi connectivity index (χ1v) is 6.63. The molecule has 1 aromatic carbocycles. The summed E-state index contributed by atoms with van der Waals surface area (Å²) in [5.74, 6) is -0.785. The van der Waals surface area contributed by atoms with E-state index in [0.717, 1.165) is 0 Å². The predicted molar refractivity (Wildman–Crippen MR) is 77.7 cm³/mol. The Hall–Kier alpha value is -2.28. The number of amides is 2. The van der Waals surface area contributed by atoms with E-state index in [1.54, 1.807) is 24.3 Å². The van der Waals surface area contributed by atoms with Crippen molar-refractivity contribution in [1.29, 1.82) is 0 Å². The van der Waals surface area contributed by atoms with Crippen molar-refractivity contribution < 1.29 is 24.2 Å². The van der Waals surface area contributed by atoms with Crippen molar-refractivity contribution in [2.24, 2.45) is 0 Å². The van der Waals surface area contributed by atoms with E-state index in [1.807, 2.05) is 13.8 Å². The van der Waals surface area contributed by atoms with E-state index in [9.17, 15) is 9.59 Å². The normalized spacial score (nSPS) is 11.5. The van der Waals surface area contributed by atoms with Crippen LogP contribution in [0.2, 0.25) is 0 Å². The molecule has 7 nitrogen and oxygen atoms in total. The third-order valence-corrected chi connectivity index (χ3v) is 2.49. The van der Waals surface area contributed by atoms with Crippen LogP contribution in [0.25, 0.3) is 0 Å². The maximum Gasteiger partial charge on any atom is 0.341 e. The van der Waals surface area contributed by atoms with Crippen LogP contribution in [0.3, 0.4) is 0 Å². The first-order chi connectivity index (χ1) is 10.0. The lowest BCUT2D eigenvalue weighted by Crippen LogP contribution is -2.35. The zero-order valence-electron chi connectivity index (χ0n) is 12.1. The van der Waals surface area contributed by atoms with E-state index >= 15 is 0 Å². The van der Waals surface area contributed by atoms with Crippen molar-refractivity contribution in [2.75, 3.05) is 25.1 Å². The number of para-hydroxylation sites is 2. The van der Waals surface area contributed by atoms with Gasteiger partial charge in [0.15, 0.2) is 6.61 Å². The highest BCUT2D eigenvalue weighted by molar-refractivity contribution is 5.90. The Morgan fingerprint density at radius 3 is 2.71 bits per heavy atom. The number of carboxylic acids is 1. The van der Waals surface area contributed by atoms with Gasteiger partial charge in [-0.25, -0.2) is 9.59 Å². The quantitative estimate of drug-likeness (QED) is 0.678. The Morgan fingerprint density at radius 2 is 2.05 bits per heavy atom. The van der Waals surface area contributed by atoms with Gasteiger partial charge < -0.3 is 25.2 Å². The van der Waals surface area contributed by atoms with Crippen molar-refractivity contribution in [3.05, 3.63) is 24.3 Å². The Bertz CT molecular complexity index is 478. The number of carbonyl (C=O) groups excluding carboxylic acids is 1. The summed E-state index contributed by atoms with van der Waals surface area (Å²) in [5.41, 5.74) is 0.403. The zero-order chi connectivity index (χ0) is 15.7. The van der Waals surface area contributed by atoms with Crippen LogP contribution < -0.4 is 15.4 Å². The smallest absolute Gasteiger partial charge is 0.341 e. The van der Waals surface area contributed by atoms with Crippen molar-refractivity contribution in [1.82, 2.24) is 5.32 Å². The van der Waals surface area contributed by atoms with Gasteiger partial charge in [-0.2, -0.15) is 0 Å². The zero-order valence-corrected chi connectivity index (χ0v) is 12.1. The van der Waals surface area contributed by atoms with Crippen LogP contribution in [-0.2, 0) is 9.53 Å². The van der Waals surface area contributed by atoms with Crippen LogP contribution in [0.5, 0.6) is 5.75 Å². The molecule has 1 aromatic rings. The number of hydrogen-bond acceptors (Lipinski definition) is 4. The van der Waals surface area contributed by atoms with Crippen LogP contribution in [0.1, 0.15) is 13.8 Å². The maximum absolute atomic E-state index is 11.8. The fourth-order valence-corrected chi connectivity index (χ4v) is 1.58. The topological polar surface area (TPSA) is 96.9 Å². The van der Waals surface area contributed by atoms with Gasteiger partial charge in [-0.05, 0) is 26.0 Å². The van der Waals surface area contributed by atoms with E-state index in [4.69, 9.17) is 14.6 Å². The highest BCUT2D eigenvalue weighted by Gasteiger charge is 2.09. The summed E-state index contributed by atoms with van der Waals surface area (Å²) in [6, 6.07) is 6.21. The van der Waals surface area contributed by atoms with Gasteiger partial charge in [-0.1, -0.05) is 12.1 Å². The Kier molecular flexibility index (Phi) is 7.03. The van der Waals surface area contributed by atoms with Gasteiger partial charge >= 0.3 is 12.0 Å². The first-order valence-electron chi connectivity index (χ1n) is 6.63. The summed E-state index contributed by atoms with van der Waals surface area (Å²) in [6.07, 6.45) is -0.0840. The van der Waals surface area contributed by atoms with Crippen LogP contribution in [0, 0.1) is 0 Å². The molecule has 1 rings (SSSR count). The largest absolute Gasteiger partial charge is 0.480 e. The predicted octanol–water partition coefficient (Wildman–Crippen LogP) is 1.70. The molecule has 0 aromatic heterocycles. The number of anilines is 1. The summed E-state index contributed by atoms with van der Waals surface area (Å²) in [7, 11) is 0. The van der Waals surface area contributed by atoms with Gasteiger partial charge in [0.25, 0.3) is 0 Å². The second-order valence-corrected chi connectivity index (χ2v) is 4.28. The van der Waals surface area contributed by atoms with Crippen molar-refractivity contribution in [3.8, 4) is 5.75 Å². The van der Waals surface area contributed by atoms with Crippen LogP contribution in [0.15, 0.2) is 24.3 Å². The maximum atomic E-state index is 11.8. The molecule has 0 aliphatic heterocycles. The molecule has 0 saturated carbocycles. The molecule has 0 bridgehead atoms. The number of hydrogen-bond donors (Lipinski definition) is 3. The van der Waals surface area contributed by atoms with Gasteiger partial charge in [0.05, 0.1) is 11.8 Å². The molecule has 21 heavy (non-hydrogen) atoms. The van der Waals surface area contributed by atoms with Crippen molar-refractivity contribution >= 4 is 17.7 Å². The fraction of sp³-hybridized carbons (Fsp3) is 0.429. The summed E-state index contributed by atoms with van der Waals surface area (Å²) < 4.78 is 10.4. The minimum absolute atomic E-state index is 0.0840. The Labute approximate surface area is 123 Å². The average molecular weight is 296 g/mol. The van der Waals surface area contributed by atoms with E-state index in [0.29, 0.717) is 24.6 Å². The second kappa shape index (κ2) is 8.80. The third kappa shape index (κ3) is 6.62. The summed E-state index contributed by atoms with van der Waals surface area (Å²) in [6.45, 7) is 4.22. The lowest BCUT2D eigenvalue weighted by Gasteiger charge is -2.14. The number of aliphatic carboxylic acids is 1. The molecule has 0 aliphatic rings. The molecule has 1 unspecified atom stereocenters. The highest BCUT2D eigenvalue weighted by Crippen LogP contribution is 2.23. The van der Waals surface area contributed by atoms with Crippen molar-refractivity contribution in [3.63, 3.8) is 0 Å². The number of carbonyl (C=O) groups is 2. The Morgan fingerprint density at radius 1 is 1.33 bits per heavy atom. The number of ether oxygens (including phenoxy) is 2.